The number of benzene rings is 2. The Labute approximate surface area is 239 Å². The Kier molecular flexibility index (Phi) is 8.38. The average molecular weight is 612 g/mol. The average Bonchev–Trinajstić information content (AvgIpc) is 2.96. The third-order valence-electron chi connectivity index (χ3n) is 7.03. The SMILES string of the molecule is O=c1c(OC2O[C@@H](CO[C@H]3OC(O)[C@@H](O)[C@@H](O)[C@@H]3O)[C@H](O)[C@@H](O)[C@@H]2O)c(-c2ccc(O)c(O)c2)oc2cc(O)cc(O)c12. The molecule has 17 nitrogen and oxygen atoms in total. The van der Waals surface area contributed by atoms with Crippen molar-refractivity contribution < 1.29 is 79.5 Å². The number of hydrogen-bond acceptors (Lipinski definition) is 17. The third-order valence-corrected chi connectivity index (χ3v) is 7.03. The normalized spacial score (nSPS) is 33.0. The van der Waals surface area contributed by atoms with Gasteiger partial charge in [-0.25, -0.2) is 0 Å². The summed E-state index contributed by atoms with van der Waals surface area (Å²) in [6.45, 7) is -0.715. The van der Waals surface area contributed by atoms with Crippen LogP contribution in [0, 0.1) is 0 Å². The minimum Gasteiger partial charge on any atom is -0.508 e. The van der Waals surface area contributed by atoms with Crippen molar-refractivity contribution in [1.82, 2.24) is 0 Å². The lowest BCUT2D eigenvalue weighted by Crippen LogP contribution is -2.62. The molecule has 3 heterocycles. The zero-order valence-corrected chi connectivity index (χ0v) is 21.7. The second kappa shape index (κ2) is 11.7. The molecule has 17 heteroatoms. The summed E-state index contributed by atoms with van der Waals surface area (Å²) in [5.74, 6) is -3.46. The summed E-state index contributed by atoms with van der Waals surface area (Å²) in [7, 11) is 0. The third kappa shape index (κ3) is 5.66. The van der Waals surface area contributed by atoms with Crippen LogP contribution in [-0.4, -0.2) is 124 Å². The van der Waals surface area contributed by atoms with Gasteiger partial charge in [-0.2, -0.15) is 0 Å². The highest BCUT2D eigenvalue weighted by atomic mass is 16.8. The van der Waals surface area contributed by atoms with E-state index in [0.29, 0.717) is 0 Å². The van der Waals surface area contributed by atoms with Crippen LogP contribution in [0.3, 0.4) is 0 Å². The number of hydrogen-bond donors (Lipinski definition) is 11. The van der Waals surface area contributed by atoms with E-state index in [1.165, 1.54) is 6.07 Å². The Morgan fingerprint density at radius 2 is 1.37 bits per heavy atom. The molecule has 234 valence electrons. The van der Waals surface area contributed by atoms with Gasteiger partial charge in [-0.1, -0.05) is 0 Å². The quantitative estimate of drug-likeness (QED) is 0.126. The summed E-state index contributed by atoms with van der Waals surface area (Å²) >= 11 is 0. The van der Waals surface area contributed by atoms with E-state index in [4.69, 9.17) is 23.4 Å². The van der Waals surface area contributed by atoms with Gasteiger partial charge in [0.1, 0.15) is 65.2 Å². The van der Waals surface area contributed by atoms with Crippen molar-refractivity contribution in [2.75, 3.05) is 6.61 Å². The smallest absolute Gasteiger partial charge is 0.239 e. The Morgan fingerprint density at radius 1 is 0.698 bits per heavy atom. The van der Waals surface area contributed by atoms with Gasteiger partial charge in [0.15, 0.2) is 29.8 Å². The number of rotatable bonds is 6. The van der Waals surface area contributed by atoms with Crippen molar-refractivity contribution in [3.8, 4) is 40.1 Å². The standard InChI is InChI=1S/C26H28O17/c27-8-4-11(30)14-12(5-8)40-22(7-1-2-9(28)10(29)3-7)23(16(14)32)42-26-21(37)17(33)15(31)13(41-26)6-39-25-20(36)18(34)19(35)24(38)43-25/h1-5,13,15,17-21,24-31,33-38H,6H2/t13-,15-,17+,18+,19-,20-,21-,24?,25-,26?/m0/s1. The van der Waals surface area contributed by atoms with E-state index in [2.05, 4.69) is 0 Å². The first-order valence-corrected chi connectivity index (χ1v) is 12.7. The highest BCUT2D eigenvalue weighted by molar-refractivity contribution is 5.88. The van der Waals surface area contributed by atoms with Crippen molar-refractivity contribution >= 4 is 11.0 Å². The van der Waals surface area contributed by atoms with Gasteiger partial charge >= 0.3 is 0 Å². The van der Waals surface area contributed by atoms with Crippen LogP contribution >= 0.6 is 0 Å². The number of aromatic hydroxyl groups is 4. The molecule has 1 aromatic heterocycles. The van der Waals surface area contributed by atoms with Gasteiger partial charge in [0.25, 0.3) is 0 Å². The molecule has 2 unspecified atom stereocenters. The number of fused-ring (bicyclic) bond motifs is 1. The van der Waals surface area contributed by atoms with E-state index in [1.807, 2.05) is 0 Å². The Balaban J connectivity index is 1.48. The van der Waals surface area contributed by atoms with E-state index < -0.39 is 114 Å². The van der Waals surface area contributed by atoms with Gasteiger partial charge in [0.05, 0.1) is 6.61 Å². The van der Waals surface area contributed by atoms with Crippen molar-refractivity contribution in [2.45, 2.75) is 61.6 Å². The summed E-state index contributed by atoms with van der Waals surface area (Å²) in [5.41, 5.74) is -1.42. The summed E-state index contributed by atoms with van der Waals surface area (Å²) < 4.78 is 27.1. The second-order valence-corrected chi connectivity index (χ2v) is 9.96. The monoisotopic (exact) mass is 612 g/mol. The highest BCUT2D eigenvalue weighted by Gasteiger charge is 2.48. The van der Waals surface area contributed by atoms with Crippen LogP contribution in [0.4, 0.5) is 0 Å². The number of phenols is 4. The molecule has 2 fully saturated rings. The predicted octanol–water partition coefficient (Wildman–Crippen LogP) is -2.76. The molecule has 2 aliphatic rings. The number of aliphatic hydroxyl groups excluding tert-OH is 7. The maximum atomic E-state index is 13.5. The highest BCUT2D eigenvalue weighted by Crippen LogP contribution is 2.39. The zero-order valence-electron chi connectivity index (χ0n) is 21.7. The molecule has 2 saturated heterocycles. The van der Waals surface area contributed by atoms with Crippen LogP contribution < -0.4 is 10.2 Å². The minimum absolute atomic E-state index is 0.0550. The van der Waals surface area contributed by atoms with Crippen LogP contribution in [0.25, 0.3) is 22.3 Å². The van der Waals surface area contributed by atoms with E-state index >= 15 is 0 Å². The zero-order chi connectivity index (χ0) is 31.3. The molecule has 0 bridgehead atoms. The van der Waals surface area contributed by atoms with Gasteiger partial charge < -0.3 is 79.5 Å². The van der Waals surface area contributed by atoms with Crippen LogP contribution in [-0.2, 0) is 14.2 Å². The first-order valence-electron chi connectivity index (χ1n) is 12.7. The fraction of sp³-hybridized carbons (Fsp3) is 0.423. The first kappa shape index (κ1) is 30.7. The van der Waals surface area contributed by atoms with Gasteiger partial charge in [0.2, 0.25) is 17.5 Å². The summed E-state index contributed by atoms with van der Waals surface area (Å²) in [6.07, 6.45) is -18.5. The fourth-order valence-electron chi connectivity index (χ4n) is 4.66. The van der Waals surface area contributed by atoms with Crippen molar-refractivity contribution in [3.63, 3.8) is 0 Å². The molecule has 0 amide bonds. The molecule has 3 aromatic rings. The molecule has 2 aliphatic heterocycles. The Bertz CT molecular complexity index is 1540. The first-order chi connectivity index (χ1) is 20.3. The number of phenolic OH excluding ortho intramolecular Hbond substituents is 4. The summed E-state index contributed by atoms with van der Waals surface area (Å²) in [4.78, 5) is 13.5. The molecule has 11 N–H and O–H groups in total. The van der Waals surface area contributed by atoms with Gasteiger partial charge in [-0.3, -0.25) is 4.79 Å². The van der Waals surface area contributed by atoms with Crippen molar-refractivity contribution in [1.29, 1.82) is 0 Å². The Hall–Kier alpha value is -3.75. The maximum Gasteiger partial charge on any atom is 0.239 e. The fourth-order valence-corrected chi connectivity index (χ4v) is 4.66. The largest absolute Gasteiger partial charge is 0.508 e. The number of aliphatic hydroxyl groups is 7. The minimum atomic E-state index is -2.01. The van der Waals surface area contributed by atoms with Crippen molar-refractivity contribution in [2.24, 2.45) is 0 Å². The van der Waals surface area contributed by atoms with Gasteiger partial charge in [-0.05, 0) is 18.2 Å². The molecule has 0 saturated carbocycles. The van der Waals surface area contributed by atoms with E-state index in [1.54, 1.807) is 0 Å². The van der Waals surface area contributed by atoms with Gasteiger partial charge in [-0.15, -0.1) is 0 Å². The molecule has 0 aliphatic carbocycles. The molecule has 5 rings (SSSR count). The molecule has 0 radical (unpaired) electrons. The van der Waals surface area contributed by atoms with Crippen LogP contribution in [0.1, 0.15) is 0 Å². The molecular formula is C26H28O17. The molecule has 43 heavy (non-hydrogen) atoms. The predicted molar refractivity (Wildman–Crippen MR) is 137 cm³/mol. The lowest BCUT2D eigenvalue weighted by Gasteiger charge is -2.42. The van der Waals surface area contributed by atoms with Crippen LogP contribution in [0.15, 0.2) is 39.5 Å². The lowest BCUT2D eigenvalue weighted by molar-refractivity contribution is -0.350. The van der Waals surface area contributed by atoms with E-state index in [-0.39, 0.29) is 11.1 Å². The topological polar surface area (TPSA) is 290 Å². The van der Waals surface area contributed by atoms with Crippen molar-refractivity contribution in [3.05, 3.63) is 40.6 Å². The maximum absolute atomic E-state index is 13.5. The van der Waals surface area contributed by atoms with Crippen LogP contribution in [0.5, 0.6) is 28.7 Å². The molecule has 10 atom stereocenters. The summed E-state index contributed by atoms with van der Waals surface area (Å²) in [6, 6.07) is 5.14. The van der Waals surface area contributed by atoms with E-state index in [0.717, 1.165) is 24.3 Å². The van der Waals surface area contributed by atoms with Gasteiger partial charge in [0, 0.05) is 17.7 Å². The Morgan fingerprint density at radius 3 is 2.07 bits per heavy atom. The molecule has 2 aromatic carbocycles. The summed E-state index contributed by atoms with van der Waals surface area (Å²) in [5, 5.41) is 110. The number of ether oxygens (including phenoxy) is 4. The van der Waals surface area contributed by atoms with E-state index in [9.17, 15) is 61.0 Å². The lowest BCUT2D eigenvalue weighted by atomic mass is 9.99. The molecule has 0 spiro atoms. The molecular weight excluding hydrogens is 584 g/mol. The van der Waals surface area contributed by atoms with Crippen LogP contribution in [0.2, 0.25) is 0 Å². The second-order valence-electron chi connectivity index (χ2n) is 9.96.